The van der Waals surface area contributed by atoms with Crippen LogP contribution >= 0.6 is 0 Å². The molecule has 1 aliphatic heterocycles. The van der Waals surface area contributed by atoms with Gasteiger partial charge in [0.05, 0.1) is 29.1 Å². The molecule has 0 saturated heterocycles. The fraction of sp³-hybridized carbons (Fsp3) is 0.615. The number of aromatic nitrogens is 2. The molecule has 0 spiro atoms. The molecule has 0 unspecified atom stereocenters. The predicted octanol–water partition coefficient (Wildman–Crippen LogP) is 5.33. The molecule has 0 fully saturated rings. The highest BCUT2D eigenvalue weighted by atomic mass is 32.2. The van der Waals surface area contributed by atoms with Crippen LogP contribution < -0.4 is 10.1 Å². The third kappa shape index (κ3) is 4.63. The summed E-state index contributed by atoms with van der Waals surface area (Å²) in [5, 5.41) is 7.49. The highest BCUT2D eigenvalue weighted by Gasteiger charge is 2.39. The lowest BCUT2D eigenvalue weighted by Crippen LogP contribution is -2.43. The molecule has 8 nitrogen and oxygen atoms in total. The minimum Gasteiger partial charge on any atom is -0.469 e. The van der Waals surface area contributed by atoms with Crippen molar-refractivity contribution in [1.29, 1.82) is 0 Å². The molecule has 0 bridgehead atoms. The van der Waals surface area contributed by atoms with E-state index in [0.29, 0.717) is 23.9 Å². The van der Waals surface area contributed by atoms with E-state index in [1.54, 1.807) is 4.68 Å². The second-order valence-corrected chi connectivity index (χ2v) is 18.9. The first-order chi connectivity index (χ1) is 16.9. The SMILES string of the molecule is CC(C)(C)[Si](C)(C)OC[C@H]1Cn2ncc([S@](C)(=O)=NC(=O)Nc3c4c(cc5c3CCC5)CCC4)c2O1. The molecule has 1 aromatic carbocycles. The minimum absolute atomic E-state index is 0.104. The predicted molar refractivity (Wildman–Crippen MR) is 144 cm³/mol. The second-order valence-electron chi connectivity index (χ2n) is 11.9. The van der Waals surface area contributed by atoms with Gasteiger partial charge in [-0.2, -0.15) is 5.10 Å². The van der Waals surface area contributed by atoms with E-state index in [0.717, 1.165) is 44.2 Å². The average Bonchev–Trinajstić information content (AvgIpc) is 3.54. The number of rotatable bonds is 5. The summed E-state index contributed by atoms with van der Waals surface area (Å²) in [4.78, 5) is 13.4. The van der Waals surface area contributed by atoms with E-state index < -0.39 is 24.1 Å². The van der Waals surface area contributed by atoms with Gasteiger partial charge in [0.25, 0.3) is 0 Å². The molecule has 2 heterocycles. The number of anilines is 1. The van der Waals surface area contributed by atoms with Crippen molar-refractivity contribution in [2.75, 3.05) is 18.2 Å². The lowest BCUT2D eigenvalue weighted by Gasteiger charge is -2.36. The Labute approximate surface area is 215 Å². The van der Waals surface area contributed by atoms with Gasteiger partial charge in [-0.1, -0.05) is 26.8 Å². The van der Waals surface area contributed by atoms with Crippen molar-refractivity contribution in [2.24, 2.45) is 4.36 Å². The summed E-state index contributed by atoms with van der Waals surface area (Å²) < 4.78 is 31.9. The fourth-order valence-corrected chi connectivity index (χ4v) is 7.38. The molecule has 5 rings (SSSR count). The average molecular weight is 531 g/mol. The molecule has 2 aliphatic carbocycles. The largest absolute Gasteiger partial charge is 0.469 e. The van der Waals surface area contributed by atoms with E-state index >= 15 is 0 Å². The van der Waals surface area contributed by atoms with E-state index in [4.69, 9.17) is 9.16 Å². The zero-order valence-electron chi connectivity index (χ0n) is 22.3. The minimum atomic E-state index is -3.06. The number of hydrogen-bond acceptors (Lipinski definition) is 5. The highest BCUT2D eigenvalue weighted by molar-refractivity contribution is 7.93. The molecule has 2 atom stereocenters. The van der Waals surface area contributed by atoms with Crippen molar-refractivity contribution in [1.82, 2.24) is 9.78 Å². The number of benzene rings is 1. The van der Waals surface area contributed by atoms with Crippen LogP contribution in [0.25, 0.3) is 0 Å². The van der Waals surface area contributed by atoms with Crippen molar-refractivity contribution in [3.8, 4) is 5.88 Å². The molecule has 1 aromatic heterocycles. The summed E-state index contributed by atoms with van der Waals surface area (Å²) in [7, 11) is -4.97. The van der Waals surface area contributed by atoms with Crippen molar-refractivity contribution < 1.29 is 18.2 Å². The highest BCUT2D eigenvalue weighted by Crippen LogP contribution is 2.39. The Morgan fingerprint density at radius 2 is 1.86 bits per heavy atom. The number of urea groups is 1. The first-order valence-corrected chi connectivity index (χ1v) is 17.7. The van der Waals surface area contributed by atoms with E-state index in [9.17, 15) is 9.00 Å². The van der Waals surface area contributed by atoms with Crippen LogP contribution in [0.2, 0.25) is 18.1 Å². The maximum absolute atomic E-state index is 13.6. The van der Waals surface area contributed by atoms with Gasteiger partial charge in [0.15, 0.2) is 8.32 Å². The van der Waals surface area contributed by atoms with Gasteiger partial charge in [-0.3, -0.25) is 0 Å². The van der Waals surface area contributed by atoms with Gasteiger partial charge in [-0.05, 0) is 78.9 Å². The second kappa shape index (κ2) is 8.99. The monoisotopic (exact) mass is 530 g/mol. The Bertz CT molecular complexity index is 1300. The van der Waals surface area contributed by atoms with Gasteiger partial charge in [0, 0.05) is 11.9 Å². The van der Waals surface area contributed by atoms with Crippen molar-refractivity contribution in [2.45, 2.75) is 95.0 Å². The smallest absolute Gasteiger partial charge is 0.353 e. The molecular formula is C26H38N4O4SSi. The van der Waals surface area contributed by atoms with Gasteiger partial charge in [0.1, 0.15) is 11.0 Å². The number of nitrogens with zero attached hydrogens (tertiary/aromatic N) is 3. The van der Waals surface area contributed by atoms with E-state index in [1.165, 1.54) is 34.7 Å². The fourth-order valence-electron chi connectivity index (χ4n) is 5.16. The van der Waals surface area contributed by atoms with Crippen molar-refractivity contribution in [3.05, 3.63) is 34.5 Å². The molecular weight excluding hydrogens is 492 g/mol. The van der Waals surface area contributed by atoms with Crippen LogP contribution in [-0.2, 0) is 46.4 Å². The van der Waals surface area contributed by atoms with Gasteiger partial charge >= 0.3 is 6.03 Å². The first kappa shape index (κ1) is 25.5. The van der Waals surface area contributed by atoms with Crippen LogP contribution in [0.1, 0.15) is 55.9 Å². The molecule has 1 N–H and O–H groups in total. The summed E-state index contributed by atoms with van der Waals surface area (Å²) in [6.45, 7) is 12.0. The summed E-state index contributed by atoms with van der Waals surface area (Å²) in [6, 6.07) is 1.74. The first-order valence-electron chi connectivity index (χ1n) is 12.9. The molecule has 36 heavy (non-hydrogen) atoms. The number of fused-ring (bicyclic) bond motifs is 3. The maximum Gasteiger partial charge on any atom is 0.353 e. The Kier molecular flexibility index (Phi) is 6.36. The quantitative estimate of drug-likeness (QED) is 0.527. The number of carbonyl (C=O) groups is 1. The summed E-state index contributed by atoms with van der Waals surface area (Å²) >= 11 is 0. The number of aryl methyl sites for hydroxylation is 2. The van der Waals surface area contributed by atoms with Gasteiger partial charge in [0.2, 0.25) is 5.88 Å². The molecule has 196 valence electrons. The topological polar surface area (TPSA) is 94.8 Å². The number of amides is 2. The third-order valence-electron chi connectivity index (χ3n) is 8.22. The summed E-state index contributed by atoms with van der Waals surface area (Å²) in [5.74, 6) is 0.421. The summed E-state index contributed by atoms with van der Waals surface area (Å²) in [6.07, 6.45) is 9.00. The van der Waals surface area contributed by atoms with Crippen LogP contribution in [0.5, 0.6) is 5.88 Å². The standard InChI is InChI=1S/C26H38N4O4SSi/c1-26(2,3)36(5,6)33-16-19-15-30-24(34-19)22(14-27-30)35(4,32)29-25(31)28-23-20-11-7-9-17(20)13-18-10-8-12-21(18)23/h13-14,19H,7-12,15-16H2,1-6H3,(H,28,31)/t19-,35+/m1/s1. The normalized spacial score (nSPS) is 20.3. The van der Waals surface area contributed by atoms with Crippen LogP contribution in [0.15, 0.2) is 21.5 Å². The Balaban J connectivity index is 1.33. The van der Waals surface area contributed by atoms with E-state index in [-0.39, 0.29) is 11.1 Å². The molecule has 3 aliphatic rings. The number of ether oxygens (including phenoxy) is 1. The Morgan fingerprint density at radius 3 is 2.47 bits per heavy atom. The van der Waals surface area contributed by atoms with Crippen LogP contribution in [0.4, 0.5) is 10.5 Å². The van der Waals surface area contributed by atoms with E-state index in [1.807, 2.05) is 0 Å². The molecule has 10 heteroatoms. The van der Waals surface area contributed by atoms with Crippen LogP contribution in [-0.4, -0.2) is 47.3 Å². The summed E-state index contributed by atoms with van der Waals surface area (Å²) in [5.41, 5.74) is 6.01. The zero-order chi connectivity index (χ0) is 25.9. The zero-order valence-corrected chi connectivity index (χ0v) is 24.1. The number of nitrogens with one attached hydrogen (secondary N) is 1. The maximum atomic E-state index is 13.6. The molecule has 2 aromatic rings. The van der Waals surface area contributed by atoms with Crippen LogP contribution in [0.3, 0.4) is 0 Å². The Morgan fingerprint density at radius 1 is 1.22 bits per heavy atom. The van der Waals surface area contributed by atoms with Gasteiger partial charge < -0.3 is 14.5 Å². The number of carbonyl (C=O) groups excluding carboxylic acids is 1. The third-order valence-corrected chi connectivity index (χ3v) is 14.3. The van der Waals surface area contributed by atoms with Crippen LogP contribution in [0, 0.1) is 0 Å². The van der Waals surface area contributed by atoms with E-state index in [2.05, 4.69) is 54.7 Å². The Hall–Kier alpha value is -2.17. The lowest BCUT2D eigenvalue weighted by atomic mass is 9.99. The molecule has 0 saturated carbocycles. The molecule has 2 amide bonds. The van der Waals surface area contributed by atoms with Gasteiger partial charge in [-0.15, -0.1) is 4.36 Å². The lowest BCUT2D eigenvalue weighted by molar-refractivity contribution is 0.135. The number of hydrogen-bond donors (Lipinski definition) is 1. The molecule has 0 radical (unpaired) electrons. The van der Waals surface area contributed by atoms with Gasteiger partial charge in [-0.25, -0.2) is 13.7 Å². The van der Waals surface area contributed by atoms with Crippen molar-refractivity contribution >= 4 is 29.8 Å². The van der Waals surface area contributed by atoms with Crippen molar-refractivity contribution in [3.63, 3.8) is 0 Å².